The highest BCUT2D eigenvalue weighted by Gasteiger charge is 2.32. The van der Waals surface area contributed by atoms with Crippen molar-refractivity contribution in [2.75, 3.05) is 32.7 Å². The number of ketones is 1. The van der Waals surface area contributed by atoms with Crippen LogP contribution in [-0.4, -0.2) is 54.3 Å². The van der Waals surface area contributed by atoms with Gasteiger partial charge in [0, 0.05) is 44.6 Å². The maximum atomic E-state index is 11.7. The number of rotatable bonds is 2. The zero-order chi connectivity index (χ0) is 11.7. The van der Waals surface area contributed by atoms with E-state index in [0.29, 0.717) is 11.7 Å². The number of hydrogen-bond donors (Lipinski definition) is 0. The van der Waals surface area contributed by atoms with Crippen molar-refractivity contribution in [3.05, 3.63) is 0 Å². The molecule has 2 unspecified atom stereocenters. The molecule has 0 N–H and O–H groups in total. The number of hydrogen-bond acceptors (Lipinski definition) is 3. The van der Waals surface area contributed by atoms with Crippen LogP contribution in [0.25, 0.3) is 0 Å². The number of Topliss-reactive ketones (excluding diaryl/α,β-unsaturated/α-hetero) is 1. The molecule has 0 amide bonds. The van der Waals surface area contributed by atoms with Gasteiger partial charge in [-0.2, -0.15) is 0 Å². The first-order chi connectivity index (χ1) is 8.33. The molecular weight excluding hydrogens is 212 g/mol. The van der Waals surface area contributed by atoms with Gasteiger partial charge >= 0.3 is 0 Å². The predicted octanol–water partition coefficient (Wildman–Crippen LogP) is 1.53. The molecule has 2 saturated heterocycles. The Kier molecular flexibility index (Phi) is 3.48. The van der Waals surface area contributed by atoms with Crippen molar-refractivity contribution >= 4 is 5.78 Å². The lowest BCUT2D eigenvalue weighted by Crippen LogP contribution is -2.55. The lowest BCUT2D eigenvalue weighted by molar-refractivity contribution is -0.121. The normalized spacial score (nSPS) is 36.1. The van der Waals surface area contributed by atoms with Gasteiger partial charge in [-0.15, -0.1) is 0 Å². The van der Waals surface area contributed by atoms with Gasteiger partial charge in [0.25, 0.3) is 0 Å². The van der Waals surface area contributed by atoms with E-state index in [2.05, 4.69) is 9.80 Å². The van der Waals surface area contributed by atoms with E-state index in [1.807, 2.05) is 0 Å². The van der Waals surface area contributed by atoms with E-state index >= 15 is 0 Å². The summed E-state index contributed by atoms with van der Waals surface area (Å²) in [5, 5.41) is 0. The lowest BCUT2D eigenvalue weighted by Gasteiger charge is -2.44. The Morgan fingerprint density at radius 2 is 2.00 bits per heavy atom. The highest BCUT2D eigenvalue weighted by Crippen LogP contribution is 2.25. The van der Waals surface area contributed by atoms with E-state index in [4.69, 9.17) is 0 Å². The highest BCUT2D eigenvalue weighted by atomic mass is 16.1. The van der Waals surface area contributed by atoms with Gasteiger partial charge in [-0.3, -0.25) is 14.6 Å². The van der Waals surface area contributed by atoms with Crippen LogP contribution in [0.2, 0.25) is 0 Å². The molecular formula is C14H24N2O. The van der Waals surface area contributed by atoms with E-state index in [1.54, 1.807) is 0 Å². The van der Waals surface area contributed by atoms with Crippen LogP contribution in [0.3, 0.4) is 0 Å². The molecule has 96 valence electrons. The molecule has 17 heavy (non-hydrogen) atoms. The van der Waals surface area contributed by atoms with Gasteiger partial charge in [0.05, 0.1) is 0 Å². The van der Waals surface area contributed by atoms with Crippen molar-refractivity contribution in [2.45, 2.75) is 44.6 Å². The summed E-state index contributed by atoms with van der Waals surface area (Å²) in [4.78, 5) is 16.9. The number of fused-ring (bicyclic) bond motifs is 1. The zero-order valence-corrected chi connectivity index (χ0v) is 10.7. The Morgan fingerprint density at radius 1 is 1.06 bits per heavy atom. The molecule has 0 aromatic heterocycles. The largest absolute Gasteiger partial charge is 0.300 e. The topological polar surface area (TPSA) is 23.6 Å². The van der Waals surface area contributed by atoms with Crippen LogP contribution in [0.5, 0.6) is 0 Å². The minimum Gasteiger partial charge on any atom is -0.300 e. The Balaban J connectivity index is 1.53. The van der Waals surface area contributed by atoms with Gasteiger partial charge in [0.1, 0.15) is 5.78 Å². The molecule has 1 aliphatic carbocycles. The predicted molar refractivity (Wildman–Crippen MR) is 68.0 cm³/mol. The fourth-order valence-electron chi connectivity index (χ4n) is 3.78. The quantitative estimate of drug-likeness (QED) is 0.726. The first-order valence-corrected chi connectivity index (χ1v) is 7.32. The average Bonchev–Trinajstić information content (AvgIpc) is 2.75. The third-order valence-corrected chi connectivity index (χ3v) is 4.83. The van der Waals surface area contributed by atoms with Gasteiger partial charge in [-0.1, -0.05) is 6.42 Å². The van der Waals surface area contributed by atoms with Crippen LogP contribution in [0.15, 0.2) is 0 Å². The van der Waals surface area contributed by atoms with Crippen molar-refractivity contribution in [3.8, 4) is 0 Å². The van der Waals surface area contributed by atoms with E-state index in [9.17, 15) is 4.79 Å². The maximum absolute atomic E-state index is 11.7. The van der Waals surface area contributed by atoms with Crippen LogP contribution in [-0.2, 0) is 4.79 Å². The summed E-state index contributed by atoms with van der Waals surface area (Å²) >= 11 is 0. The van der Waals surface area contributed by atoms with Crippen molar-refractivity contribution in [1.82, 2.24) is 9.80 Å². The molecule has 0 bridgehead atoms. The second-order valence-electron chi connectivity index (χ2n) is 6.00. The van der Waals surface area contributed by atoms with Crippen LogP contribution in [0, 0.1) is 5.92 Å². The second-order valence-corrected chi connectivity index (χ2v) is 6.00. The molecule has 3 heteroatoms. The molecule has 0 radical (unpaired) electrons. The van der Waals surface area contributed by atoms with Gasteiger partial charge in [0.15, 0.2) is 0 Å². The van der Waals surface area contributed by atoms with Crippen LogP contribution < -0.4 is 0 Å². The van der Waals surface area contributed by atoms with Crippen molar-refractivity contribution in [3.63, 3.8) is 0 Å². The summed E-state index contributed by atoms with van der Waals surface area (Å²) in [6.45, 7) is 5.97. The SMILES string of the molecule is O=C1CCCC1CN1CCN2CCCCC2C1. The standard InChI is InChI=1S/C14H24N2O/c17-14-6-3-4-12(14)10-15-8-9-16-7-2-1-5-13(16)11-15/h12-13H,1-11H2. The molecule has 3 rings (SSSR count). The number of piperidine rings is 1. The Labute approximate surface area is 104 Å². The van der Waals surface area contributed by atoms with Crippen LogP contribution in [0.1, 0.15) is 38.5 Å². The van der Waals surface area contributed by atoms with E-state index in [0.717, 1.165) is 31.8 Å². The van der Waals surface area contributed by atoms with E-state index < -0.39 is 0 Å². The summed E-state index contributed by atoms with van der Waals surface area (Å²) in [6.07, 6.45) is 7.27. The van der Waals surface area contributed by atoms with Crippen molar-refractivity contribution in [2.24, 2.45) is 5.92 Å². The number of piperazine rings is 1. The molecule has 1 saturated carbocycles. The summed E-state index contributed by atoms with van der Waals surface area (Å²) in [5.41, 5.74) is 0. The summed E-state index contributed by atoms with van der Waals surface area (Å²) in [7, 11) is 0. The average molecular weight is 236 g/mol. The van der Waals surface area contributed by atoms with Gasteiger partial charge in [-0.25, -0.2) is 0 Å². The first kappa shape index (κ1) is 11.7. The molecule has 0 spiro atoms. The van der Waals surface area contributed by atoms with Crippen LogP contribution >= 0.6 is 0 Å². The number of carbonyl (C=O) groups is 1. The first-order valence-electron chi connectivity index (χ1n) is 7.32. The molecule has 3 nitrogen and oxygen atoms in total. The Morgan fingerprint density at radius 3 is 2.82 bits per heavy atom. The summed E-state index contributed by atoms with van der Waals surface area (Å²) < 4.78 is 0. The monoisotopic (exact) mass is 236 g/mol. The van der Waals surface area contributed by atoms with Crippen LogP contribution in [0.4, 0.5) is 0 Å². The van der Waals surface area contributed by atoms with Gasteiger partial charge in [-0.05, 0) is 32.2 Å². The highest BCUT2D eigenvalue weighted by molar-refractivity contribution is 5.83. The minimum atomic E-state index is 0.366. The maximum Gasteiger partial charge on any atom is 0.137 e. The fraction of sp³-hybridized carbons (Fsp3) is 0.929. The second kappa shape index (κ2) is 5.07. The smallest absolute Gasteiger partial charge is 0.137 e. The molecule has 0 aromatic carbocycles. The minimum absolute atomic E-state index is 0.366. The lowest BCUT2D eigenvalue weighted by atomic mass is 9.98. The molecule has 3 fully saturated rings. The van der Waals surface area contributed by atoms with Gasteiger partial charge < -0.3 is 0 Å². The van der Waals surface area contributed by atoms with Crippen molar-refractivity contribution in [1.29, 1.82) is 0 Å². The fourth-order valence-corrected chi connectivity index (χ4v) is 3.78. The third kappa shape index (κ3) is 2.55. The molecule has 2 heterocycles. The van der Waals surface area contributed by atoms with Gasteiger partial charge in [0.2, 0.25) is 0 Å². The van der Waals surface area contributed by atoms with Crippen molar-refractivity contribution < 1.29 is 4.79 Å². The molecule has 3 aliphatic rings. The molecule has 2 atom stereocenters. The summed E-state index contributed by atoms with van der Waals surface area (Å²) in [5.74, 6) is 0.890. The van der Waals surface area contributed by atoms with E-state index in [1.165, 1.54) is 45.4 Å². The number of nitrogens with zero attached hydrogens (tertiary/aromatic N) is 2. The molecule has 2 aliphatic heterocycles. The molecule has 0 aromatic rings. The number of carbonyl (C=O) groups excluding carboxylic acids is 1. The Hall–Kier alpha value is -0.410. The van der Waals surface area contributed by atoms with E-state index in [-0.39, 0.29) is 0 Å². The third-order valence-electron chi connectivity index (χ3n) is 4.83. The summed E-state index contributed by atoms with van der Waals surface area (Å²) in [6, 6.07) is 0.786. The Bertz CT molecular complexity index is 292. The zero-order valence-electron chi connectivity index (χ0n) is 10.7.